The molecule has 0 spiro atoms. The van der Waals surface area contributed by atoms with Gasteiger partial charge in [0.25, 0.3) is 11.8 Å². The van der Waals surface area contributed by atoms with Crippen LogP contribution in [-0.4, -0.2) is 50.1 Å². The molecule has 3 rings (SSSR count). The van der Waals surface area contributed by atoms with Crippen molar-refractivity contribution in [1.82, 2.24) is 10.2 Å². The molecular weight excluding hydrogens is 368 g/mol. The minimum absolute atomic E-state index is 0.204. The van der Waals surface area contributed by atoms with Gasteiger partial charge in [0.2, 0.25) is 0 Å². The third-order valence-electron chi connectivity index (χ3n) is 4.48. The fraction of sp³-hybridized carbons (Fsp3) is 0.217. The molecule has 0 aromatic heterocycles. The lowest BCUT2D eigenvalue weighted by Gasteiger charge is -2.27. The van der Waals surface area contributed by atoms with Gasteiger partial charge in [-0.1, -0.05) is 54.6 Å². The highest BCUT2D eigenvalue weighted by molar-refractivity contribution is 6.04. The Morgan fingerprint density at radius 2 is 1.72 bits per heavy atom. The van der Waals surface area contributed by atoms with E-state index in [1.54, 1.807) is 41.3 Å². The number of carbonyl (C=O) groups is 2. The van der Waals surface area contributed by atoms with Gasteiger partial charge in [-0.25, -0.2) is 0 Å². The van der Waals surface area contributed by atoms with Gasteiger partial charge in [-0.2, -0.15) is 0 Å². The van der Waals surface area contributed by atoms with Crippen LogP contribution in [0.2, 0.25) is 0 Å². The largest absolute Gasteiger partial charge is 0.496 e. The summed E-state index contributed by atoms with van der Waals surface area (Å²) >= 11 is 0. The zero-order valence-electron chi connectivity index (χ0n) is 16.3. The van der Waals surface area contributed by atoms with E-state index in [0.717, 1.165) is 5.56 Å². The first-order valence-electron chi connectivity index (χ1n) is 9.44. The van der Waals surface area contributed by atoms with Gasteiger partial charge in [0.15, 0.2) is 0 Å². The summed E-state index contributed by atoms with van der Waals surface area (Å²) in [4.78, 5) is 27.5. The van der Waals surface area contributed by atoms with Crippen molar-refractivity contribution in [2.45, 2.75) is 0 Å². The Labute approximate surface area is 170 Å². The number of rotatable bonds is 6. The predicted octanol–water partition coefficient (Wildman–Crippen LogP) is 2.88. The van der Waals surface area contributed by atoms with Gasteiger partial charge in [-0.15, -0.1) is 0 Å². The molecule has 2 amide bonds. The van der Waals surface area contributed by atoms with Crippen LogP contribution >= 0.6 is 0 Å². The molecule has 0 unspecified atom stereocenters. The van der Waals surface area contributed by atoms with Crippen molar-refractivity contribution < 1.29 is 19.1 Å². The van der Waals surface area contributed by atoms with E-state index in [4.69, 9.17) is 9.47 Å². The molecule has 2 aromatic carbocycles. The molecule has 1 aliphatic heterocycles. The summed E-state index contributed by atoms with van der Waals surface area (Å²) in [5, 5.41) is 2.75. The van der Waals surface area contributed by atoms with Crippen molar-refractivity contribution in [2.75, 3.05) is 33.4 Å². The van der Waals surface area contributed by atoms with Crippen molar-refractivity contribution in [1.29, 1.82) is 0 Å². The van der Waals surface area contributed by atoms with Gasteiger partial charge in [-0.05, 0) is 23.8 Å². The number of allylic oxidation sites excluding steroid dienone is 2. The van der Waals surface area contributed by atoms with Crippen LogP contribution in [0.4, 0.5) is 0 Å². The van der Waals surface area contributed by atoms with Crippen molar-refractivity contribution >= 4 is 17.9 Å². The number of hydrogen-bond donors (Lipinski definition) is 1. The third-order valence-corrected chi connectivity index (χ3v) is 4.48. The summed E-state index contributed by atoms with van der Waals surface area (Å²) in [6, 6.07) is 16.6. The zero-order valence-corrected chi connectivity index (χ0v) is 16.3. The number of carbonyl (C=O) groups excluding carboxylic acids is 2. The highest BCUT2D eigenvalue weighted by atomic mass is 16.5. The Morgan fingerprint density at radius 3 is 2.45 bits per heavy atom. The van der Waals surface area contributed by atoms with Crippen LogP contribution in [0.1, 0.15) is 15.9 Å². The number of morpholine rings is 1. The molecule has 1 saturated heterocycles. The molecule has 6 nitrogen and oxygen atoms in total. The standard InChI is InChI=1S/C23H24N2O4/c1-28-21-13-6-5-11-19(21)22(26)24-20(23(27)25-14-16-29-17-15-25)12-7-10-18-8-3-2-4-9-18/h2-13H,14-17H2,1H3,(H,24,26)/b10-7+,20-12-. The highest BCUT2D eigenvalue weighted by Gasteiger charge is 2.23. The number of ether oxygens (including phenoxy) is 2. The van der Waals surface area contributed by atoms with Gasteiger partial charge < -0.3 is 19.7 Å². The zero-order chi connectivity index (χ0) is 20.5. The molecule has 29 heavy (non-hydrogen) atoms. The molecule has 0 radical (unpaired) electrons. The SMILES string of the molecule is COc1ccccc1C(=O)N/C(=C\C=C\c1ccccc1)C(=O)N1CCOCC1. The first-order valence-corrected chi connectivity index (χ1v) is 9.44. The van der Waals surface area contributed by atoms with Crippen LogP contribution in [0.3, 0.4) is 0 Å². The van der Waals surface area contributed by atoms with Crippen LogP contribution in [0.25, 0.3) is 6.08 Å². The number of benzene rings is 2. The number of amides is 2. The summed E-state index contributed by atoms with van der Waals surface area (Å²) in [6.45, 7) is 1.95. The van der Waals surface area contributed by atoms with Gasteiger partial charge >= 0.3 is 0 Å². The third kappa shape index (κ3) is 5.56. The number of methoxy groups -OCH3 is 1. The number of nitrogens with one attached hydrogen (secondary N) is 1. The summed E-state index contributed by atoms with van der Waals surface area (Å²) in [5.74, 6) is -0.194. The molecule has 1 N–H and O–H groups in total. The number of para-hydroxylation sites is 1. The molecule has 150 valence electrons. The maximum atomic E-state index is 13.0. The van der Waals surface area contributed by atoms with Crippen molar-refractivity contribution in [3.8, 4) is 5.75 Å². The van der Waals surface area contributed by atoms with E-state index in [1.807, 2.05) is 36.4 Å². The van der Waals surface area contributed by atoms with Crippen LogP contribution in [-0.2, 0) is 9.53 Å². The molecule has 6 heteroatoms. The smallest absolute Gasteiger partial charge is 0.270 e. The Bertz CT molecular complexity index is 900. The maximum Gasteiger partial charge on any atom is 0.270 e. The van der Waals surface area contributed by atoms with Gasteiger partial charge in [0.05, 0.1) is 25.9 Å². The van der Waals surface area contributed by atoms with E-state index in [-0.39, 0.29) is 11.6 Å². The first-order chi connectivity index (χ1) is 14.2. The fourth-order valence-electron chi connectivity index (χ4n) is 2.94. The molecule has 1 aliphatic rings. The van der Waals surface area contributed by atoms with Crippen LogP contribution in [0, 0.1) is 0 Å². The lowest BCUT2D eigenvalue weighted by Crippen LogP contribution is -2.44. The minimum atomic E-state index is -0.400. The van der Waals surface area contributed by atoms with E-state index in [9.17, 15) is 9.59 Å². The normalized spacial score (nSPS) is 14.7. The topological polar surface area (TPSA) is 67.9 Å². The second kappa shape index (κ2) is 10.2. The predicted molar refractivity (Wildman–Crippen MR) is 111 cm³/mol. The summed E-state index contributed by atoms with van der Waals surface area (Å²) in [6.07, 6.45) is 5.26. The fourth-order valence-corrected chi connectivity index (χ4v) is 2.94. The molecule has 0 bridgehead atoms. The van der Waals surface area contributed by atoms with Crippen molar-refractivity contribution in [2.24, 2.45) is 0 Å². The lowest BCUT2D eigenvalue weighted by molar-refractivity contribution is -0.131. The van der Waals surface area contributed by atoms with Crippen LogP contribution < -0.4 is 10.1 Å². The van der Waals surface area contributed by atoms with E-state index < -0.39 is 5.91 Å². The Kier molecular flexibility index (Phi) is 7.19. The van der Waals surface area contributed by atoms with Crippen LogP contribution in [0.5, 0.6) is 5.75 Å². The molecule has 0 saturated carbocycles. The summed E-state index contributed by atoms with van der Waals surface area (Å²) in [5.41, 5.74) is 1.57. The minimum Gasteiger partial charge on any atom is -0.496 e. The van der Waals surface area contributed by atoms with E-state index in [2.05, 4.69) is 5.32 Å². The van der Waals surface area contributed by atoms with Crippen molar-refractivity contribution in [3.63, 3.8) is 0 Å². The monoisotopic (exact) mass is 392 g/mol. The Morgan fingerprint density at radius 1 is 1.03 bits per heavy atom. The van der Waals surface area contributed by atoms with Crippen LogP contribution in [0.15, 0.2) is 72.4 Å². The molecule has 1 fully saturated rings. The van der Waals surface area contributed by atoms with Gasteiger partial charge in [-0.3, -0.25) is 9.59 Å². The molecule has 0 atom stereocenters. The van der Waals surface area contributed by atoms with E-state index in [0.29, 0.717) is 37.6 Å². The number of hydrogen-bond acceptors (Lipinski definition) is 4. The summed E-state index contributed by atoms with van der Waals surface area (Å²) in [7, 11) is 1.50. The second-order valence-corrected chi connectivity index (χ2v) is 6.41. The quantitative estimate of drug-likeness (QED) is 0.606. The maximum absolute atomic E-state index is 13.0. The number of nitrogens with zero attached hydrogens (tertiary/aromatic N) is 1. The highest BCUT2D eigenvalue weighted by Crippen LogP contribution is 2.17. The van der Waals surface area contributed by atoms with E-state index >= 15 is 0 Å². The van der Waals surface area contributed by atoms with Crippen molar-refractivity contribution in [3.05, 3.63) is 83.6 Å². The Balaban J connectivity index is 1.83. The second-order valence-electron chi connectivity index (χ2n) is 6.41. The van der Waals surface area contributed by atoms with E-state index in [1.165, 1.54) is 7.11 Å². The Hall–Kier alpha value is -3.38. The first kappa shape index (κ1) is 20.4. The van der Waals surface area contributed by atoms with Gasteiger partial charge in [0.1, 0.15) is 11.4 Å². The molecule has 1 heterocycles. The molecule has 0 aliphatic carbocycles. The molecule has 2 aromatic rings. The lowest BCUT2D eigenvalue weighted by atomic mass is 10.1. The average Bonchev–Trinajstić information content (AvgIpc) is 2.79. The average molecular weight is 392 g/mol. The summed E-state index contributed by atoms with van der Waals surface area (Å²) < 4.78 is 10.6. The van der Waals surface area contributed by atoms with Gasteiger partial charge in [0, 0.05) is 13.1 Å². The molecular formula is C23H24N2O4.